The van der Waals surface area contributed by atoms with Crippen LogP contribution in [-0.2, 0) is 0 Å². The molecule has 2 aromatic heterocycles. The van der Waals surface area contributed by atoms with Gasteiger partial charge in [0, 0.05) is 22.0 Å². The topological polar surface area (TPSA) is 34.9 Å². The summed E-state index contributed by atoms with van der Waals surface area (Å²) in [5.74, 6) is 0. The highest BCUT2D eigenvalue weighted by atomic mass is 35.5. The van der Waals surface area contributed by atoms with Crippen LogP contribution in [0.4, 0.5) is 0 Å². The second-order valence-electron chi connectivity index (χ2n) is 5.67. The van der Waals surface area contributed by atoms with E-state index < -0.39 is 0 Å². The Morgan fingerprint density at radius 3 is 2.19 bits per heavy atom. The van der Waals surface area contributed by atoms with Crippen LogP contribution in [0.25, 0.3) is 27.8 Å². The van der Waals surface area contributed by atoms with Crippen LogP contribution in [0.15, 0.2) is 71.5 Å². The van der Waals surface area contributed by atoms with E-state index in [0.717, 1.165) is 16.5 Å². The number of rotatable bonds is 2. The fraction of sp³-hybridized carbons (Fsp3) is 0. The van der Waals surface area contributed by atoms with E-state index in [4.69, 9.17) is 34.8 Å². The van der Waals surface area contributed by atoms with E-state index in [1.807, 2.05) is 24.3 Å². The summed E-state index contributed by atoms with van der Waals surface area (Å²) in [6.07, 6.45) is 0. The molecule has 0 saturated carbocycles. The molecule has 0 fully saturated rings. The minimum atomic E-state index is -0.245. The Balaban J connectivity index is 2.14. The number of halogens is 3. The summed E-state index contributed by atoms with van der Waals surface area (Å²) in [6, 6.07) is 19.5. The van der Waals surface area contributed by atoms with Crippen molar-refractivity contribution in [2.24, 2.45) is 0 Å². The molecule has 0 unspecified atom stereocenters. The van der Waals surface area contributed by atoms with Crippen LogP contribution < -0.4 is 5.56 Å². The molecule has 0 aliphatic heterocycles. The molecule has 0 atom stereocenters. The normalized spacial score (nSPS) is 11.0. The number of pyridine rings is 2. The van der Waals surface area contributed by atoms with Gasteiger partial charge in [0.05, 0.1) is 10.7 Å². The van der Waals surface area contributed by atoms with E-state index in [1.165, 1.54) is 10.6 Å². The lowest BCUT2D eigenvalue weighted by Gasteiger charge is -2.14. The maximum absolute atomic E-state index is 12.6. The van der Waals surface area contributed by atoms with Crippen LogP contribution in [0.1, 0.15) is 0 Å². The van der Waals surface area contributed by atoms with Crippen molar-refractivity contribution in [2.75, 3.05) is 0 Å². The SMILES string of the molecule is O=c1ccc2c(-c3ccccc3Cl)cc(Cl)nc2n1-c1ccccc1Cl. The first-order chi connectivity index (χ1) is 12.6. The average molecular weight is 402 g/mol. The molecule has 3 nitrogen and oxygen atoms in total. The van der Waals surface area contributed by atoms with E-state index in [2.05, 4.69) is 4.98 Å². The molecule has 26 heavy (non-hydrogen) atoms. The lowest BCUT2D eigenvalue weighted by molar-refractivity contribution is 1.02. The molecule has 0 radical (unpaired) electrons. The van der Waals surface area contributed by atoms with Gasteiger partial charge in [-0.2, -0.15) is 0 Å². The molecule has 0 aliphatic carbocycles. The predicted molar refractivity (Wildman–Crippen MR) is 108 cm³/mol. The van der Waals surface area contributed by atoms with Gasteiger partial charge in [0.2, 0.25) is 0 Å². The van der Waals surface area contributed by atoms with Gasteiger partial charge < -0.3 is 0 Å². The molecule has 4 aromatic rings. The molecule has 6 heteroatoms. The van der Waals surface area contributed by atoms with Gasteiger partial charge in [0.25, 0.3) is 5.56 Å². The molecular weight excluding hydrogens is 391 g/mol. The number of aromatic nitrogens is 2. The monoisotopic (exact) mass is 400 g/mol. The summed E-state index contributed by atoms with van der Waals surface area (Å²) in [6.45, 7) is 0. The van der Waals surface area contributed by atoms with Crippen LogP contribution in [-0.4, -0.2) is 9.55 Å². The van der Waals surface area contributed by atoms with E-state index in [9.17, 15) is 4.79 Å². The molecule has 0 N–H and O–H groups in total. The summed E-state index contributed by atoms with van der Waals surface area (Å²) < 4.78 is 1.46. The zero-order valence-corrected chi connectivity index (χ0v) is 15.6. The first-order valence-electron chi connectivity index (χ1n) is 7.78. The highest BCUT2D eigenvalue weighted by molar-refractivity contribution is 6.34. The highest BCUT2D eigenvalue weighted by Crippen LogP contribution is 2.35. The number of fused-ring (bicyclic) bond motifs is 1. The second-order valence-corrected chi connectivity index (χ2v) is 6.87. The van der Waals surface area contributed by atoms with Gasteiger partial charge in [-0.1, -0.05) is 65.1 Å². The molecular formula is C20H11Cl3N2O. The molecule has 0 amide bonds. The second kappa shape index (κ2) is 6.76. The Morgan fingerprint density at radius 2 is 1.46 bits per heavy atom. The van der Waals surface area contributed by atoms with Gasteiger partial charge >= 0.3 is 0 Å². The highest BCUT2D eigenvalue weighted by Gasteiger charge is 2.15. The average Bonchev–Trinajstić information content (AvgIpc) is 2.62. The smallest absolute Gasteiger partial charge is 0.256 e. The van der Waals surface area contributed by atoms with Gasteiger partial charge in [0.1, 0.15) is 10.8 Å². The Hall–Kier alpha value is -2.33. The number of benzene rings is 2. The maximum Gasteiger partial charge on any atom is 0.256 e. The molecule has 4 rings (SSSR count). The first kappa shape index (κ1) is 17.1. The van der Waals surface area contributed by atoms with Crippen LogP contribution >= 0.6 is 34.8 Å². The summed E-state index contributed by atoms with van der Waals surface area (Å²) in [5, 5.41) is 2.05. The first-order valence-corrected chi connectivity index (χ1v) is 8.92. The fourth-order valence-corrected chi connectivity index (χ4v) is 3.59. The summed E-state index contributed by atoms with van der Waals surface area (Å²) in [7, 11) is 0. The molecule has 0 aliphatic rings. The third kappa shape index (κ3) is 2.88. The van der Waals surface area contributed by atoms with Crippen LogP contribution in [0, 0.1) is 0 Å². The lowest BCUT2D eigenvalue weighted by atomic mass is 10.0. The summed E-state index contributed by atoms with van der Waals surface area (Å²) >= 11 is 19.0. The van der Waals surface area contributed by atoms with Crippen LogP contribution in [0.3, 0.4) is 0 Å². The number of para-hydroxylation sites is 1. The summed E-state index contributed by atoms with van der Waals surface area (Å²) in [5.41, 5.74) is 2.34. The third-order valence-corrected chi connectivity index (χ3v) is 4.93. The molecule has 0 saturated heterocycles. The molecule has 0 bridgehead atoms. The van der Waals surface area contributed by atoms with Gasteiger partial charge in [-0.25, -0.2) is 4.98 Å². The maximum atomic E-state index is 12.6. The fourth-order valence-electron chi connectivity index (χ4n) is 2.95. The van der Waals surface area contributed by atoms with Gasteiger partial charge in [-0.3, -0.25) is 9.36 Å². The largest absolute Gasteiger partial charge is 0.269 e. The lowest BCUT2D eigenvalue weighted by Crippen LogP contribution is -2.18. The Kier molecular flexibility index (Phi) is 4.45. The Bertz CT molecular complexity index is 1200. The van der Waals surface area contributed by atoms with Gasteiger partial charge in [-0.05, 0) is 35.9 Å². The van der Waals surface area contributed by atoms with Gasteiger partial charge in [-0.15, -0.1) is 0 Å². The molecule has 128 valence electrons. The van der Waals surface area contributed by atoms with Crippen LogP contribution in [0.5, 0.6) is 0 Å². The van der Waals surface area contributed by atoms with E-state index in [0.29, 0.717) is 21.4 Å². The Morgan fingerprint density at radius 1 is 0.769 bits per heavy atom. The van der Waals surface area contributed by atoms with Crippen molar-refractivity contribution in [1.29, 1.82) is 0 Å². The molecule has 2 aromatic carbocycles. The zero-order valence-electron chi connectivity index (χ0n) is 13.3. The minimum Gasteiger partial charge on any atom is -0.269 e. The van der Waals surface area contributed by atoms with Crippen molar-refractivity contribution in [3.8, 4) is 16.8 Å². The van der Waals surface area contributed by atoms with Crippen molar-refractivity contribution in [3.63, 3.8) is 0 Å². The number of hydrogen-bond donors (Lipinski definition) is 0. The third-order valence-electron chi connectivity index (χ3n) is 4.09. The number of nitrogens with zero attached hydrogens (tertiary/aromatic N) is 2. The van der Waals surface area contributed by atoms with Crippen molar-refractivity contribution in [1.82, 2.24) is 9.55 Å². The quantitative estimate of drug-likeness (QED) is 0.385. The zero-order chi connectivity index (χ0) is 18.3. The molecule has 2 heterocycles. The van der Waals surface area contributed by atoms with Crippen molar-refractivity contribution < 1.29 is 0 Å². The van der Waals surface area contributed by atoms with E-state index in [-0.39, 0.29) is 10.7 Å². The van der Waals surface area contributed by atoms with Crippen LogP contribution in [0.2, 0.25) is 15.2 Å². The number of hydrogen-bond acceptors (Lipinski definition) is 2. The minimum absolute atomic E-state index is 0.245. The van der Waals surface area contributed by atoms with E-state index in [1.54, 1.807) is 36.4 Å². The molecule has 0 spiro atoms. The van der Waals surface area contributed by atoms with Gasteiger partial charge in [0.15, 0.2) is 0 Å². The Labute approximate surface area is 164 Å². The standard InChI is InChI=1S/C20H11Cl3N2O/c21-15-6-2-1-5-12(15)14-11-18(23)24-20-13(14)9-10-19(26)25(20)17-8-4-3-7-16(17)22/h1-11H. The van der Waals surface area contributed by atoms with Crippen molar-refractivity contribution in [3.05, 3.63) is 92.3 Å². The van der Waals surface area contributed by atoms with Crippen molar-refractivity contribution >= 4 is 45.8 Å². The summed E-state index contributed by atoms with van der Waals surface area (Å²) in [4.78, 5) is 17.0. The van der Waals surface area contributed by atoms with Crippen molar-refractivity contribution in [2.45, 2.75) is 0 Å². The van der Waals surface area contributed by atoms with E-state index >= 15 is 0 Å². The predicted octanol–water partition coefficient (Wildman–Crippen LogP) is 6.01.